The summed E-state index contributed by atoms with van der Waals surface area (Å²) >= 11 is 0. The van der Waals surface area contributed by atoms with Crippen molar-refractivity contribution in [2.45, 2.75) is 31.4 Å². The number of hydrogen-bond acceptors (Lipinski definition) is 9. The first-order valence-corrected chi connectivity index (χ1v) is 15.5. The molecule has 1 N–H and O–H groups in total. The third-order valence-corrected chi connectivity index (χ3v) is 8.62. The van der Waals surface area contributed by atoms with E-state index in [1.165, 1.54) is 23.9 Å². The molecular weight excluding hydrogens is 631 g/mol. The van der Waals surface area contributed by atoms with Gasteiger partial charge in [0, 0.05) is 50.9 Å². The predicted molar refractivity (Wildman–Crippen MR) is 170 cm³/mol. The van der Waals surface area contributed by atoms with Crippen molar-refractivity contribution in [3.05, 3.63) is 106 Å². The Hall–Kier alpha value is -5.47. The number of hydrogen-bond donors (Lipinski definition) is 1. The Kier molecular flexibility index (Phi) is 9.28. The van der Waals surface area contributed by atoms with Crippen LogP contribution in [0.3, 0.4) is 0 Å². The molecule has 0 saturated carbocycles. The van der Waals surface area contributed by atoms with Gasteiger partial charge in [-0.1, -0.05) is 48.5 Å². The average molecular weight is 664 g/mol. The zero-order chi connectivity index (χ0) is 33.8. The number of halogens is 3. The standard InChI is InChI=1S/C33H32F3N7O5/c34-33(35,36)30-29(48-32(39-30)42-14-12-23(13-15-42)22-6-2-1-3-7-22)31(45)38-25-10-11-27(37-21-25)40-16-18-41(19-17-40)28(44)20-24-8-4-5-9-26(24)43(46)47/h1-11,21,23H,12-20H2,(H,38,45). The fourth-order valence-electron chi connectivity index (χ4n) is 6.05. The summed E-state index contributed by atoms with van der Waals surface area (Å²) in [4.78, 5) is 49.9. The number of piperidine rings is 1. The van der Waals surface area contributed by atoms with Crippen LogP contribution in [0.15, 0.2) is 77.3 Å². The van der Waals surface area contributed by atoms with Crippen molar-refractivity contribution in [2.75, 3.05) is 54.4 Å². The van der Waals surface area contributed by atoms with Crippen molar-refractivity contribution in [3.8, 4) is 0 Å². The van der Waals surface area contributed by atoms with Crippen LogP contribution < -0.4 is 15.1 Å². The quantitative estimate of drug-likeness (QED) is 0.191. The second-order valence-corrected chi connectivity index (χ2v) is 11.6. The van der Waals surface area contributed by atoms with E-state index in [0.29, 0.717) is 63.5 Å². The van der Waals surface area contributed by atoms with Crippen molar-refractivity contribution in [2.24, 2.45) is 0 Å². The number of nitro groups is 1. The van der Waals surface area contributed by atoms with Gasteiger partial charge in [0.1, 0.15) is 5.82 Å². The third-order valence-electron chi connectivity index (χ3n) is 8.62. The fourth-order valence-corrected chi connectivity index (χ4v) is 6.05. The Morgan fingerprint density at radius 1 is 0.917 bits per heavy atom. The van der Waals surface area contributed by atoms with Gasteiger partial charge in [-0.25, -0.2) is 4.98 Å². The topological polar surface area (TPSA) is 138 Å². The Labute approximate surface area is 273 Å². The molecule has 12 nitrogen and oxygen atoms in total. The van der Waals surface area contributed by atoms with Crippen LogP contribution in [0.25, 0.3) is 0 Å². The lowest BCUT2D eigenvalue weighted by molar-refractivity contribution is -0.385. The molecule has 4 aromatic rings. The first-order chi connectivity index (χ1) is 23.1. The number of nitro benzene ring substituents is 1. The van der Waals surface area contributed by atoms with E-state index < -0.39 is 28.5 Å². The third kappa shape index (κ3) is 7.24. The van der Waals surface area contributed by atoms with Crippen molar-refractivity contribution < 1.29 is 32.1 Å². The minimum atomic E-state index is -4.90. The number of alkyl halides is 3. The highest BCUT2D eigenvalue weighted by molar-refractivity contribution is 6.03. The van der Waals surface area contributed by atoms with Gasteiger partial charge in [-0.2, -0.15) is 18.2 Å². The van der Waals surface area contributed by atoms with Gasteiger partial charge in [-0.05, 0) is 36.5 Å². The zero-order valence-corrected chi connectivity index (χ0v) is 25.7. The summed E-state index contributed by atoms with van der Waals surface area (Å²) in [5.41, 5.74) is 0.197. The number of oxazole rings is 1. The number of amides is 2. The van der Waals surface area contributed by atoms with Crippen LogP contribution >= 0.6 is 0 Å². The maximum atomic E-state index is 13.9. The minimum Gasteiger partial charge on any atom is -0.417 e. The summed E-state index contributed by atoms with van der Waals surface area (Å²) in [6.07, 6.45) is -2.25. The molecule has 6 rings (SSSR count). The van der Waals surface area contributed by atoms with Crippen LogP contribution in [-0.2, 0) is 17.4 Å². The van der Waals surface area contributed by atoms with E-state index in [1.807, 2.05) is 35.2 Å². The lowest BCUT2D eigenvalue weighted by atomic mass is 9.90. The number of pyridine rings is 1. The molecule has 2 aromatic heterocycles. The SMILES string of the molecule is O=C(Nc1ccc(N2CCN(C(=O)Cc3ccccc3[N+](=O)[O-])CC2)nc1)c1oc(N2CCC(c3ccccc3)CC2)nc1C(F)(F)F. The number of aromatic nitrogens is 2. The van der Waals surface area contributed by atoms with E-state index >= 15 is 0 Å². The smallest absolute Gasteiger partial charge is 0.417 e. The van der Waals surface area contributed by atoms with Crippen molar-refractivity contribution in [3.63, 3.8) is 0 Å². The molecule has 2 saturated heterocycles. The van der Waals surface area contributed by atoms with E-state index in [4.69, 9.17) is 4.42 Å². The van der Waals surface area contributed by atoms with Crippen LogP contribution in [0.4, 0.5) is 36.4 Å². The Morgan fingerprint density at radius 3 is 2.25 bits per heavy atom. The van der Waals surface area contributed by atoms with E-state index in [2.05, 4.69) is 15.3 Å². The van der Waals surface area contributed by atoms with Gasteiger partial charge in [-0.15, -0.1) is 0 Å². The lowest BCUT2D eigenvalue weighted by Crippen LogP contribution is -2.49. The number of nitrogens with one attached hydrogen (secondary N) is 1. The predicted octanol–water partition coefficient (Wildman–Crippen LogP) is 5.52. The molecule has 2 aliphatic heterocycles. The van der Waals surface area contributed by atoms with E-state index in [0.717, 1.165) is 0 Å². The highest BCUT2D eigenvalue weighted by Gasteiger charge is 2.42. The average Bonchev–Trinajstić information content (AvgIpc) is 3.56. The van der Waals surface area contributed by atoms with Crippen LogP contribution in [0, 0.1) is 10.1 Å². The number of rotatable bonds is 8. The van der Waals surface area contributed by atoms with Crippen molar-refractivity contribution in [1.29, 1.82) is 0 Å². The molecule has 0 atom stereocenters. The summed E-state index contributed by atoms with van der Waals surface area (Å²) < 4.78 is 47.2. The number of piperazine rings is 1. The molecule has 0 spiro atoms. The minimum absolute atomic E-state index is 0.0840. The summed E-state index contributed by atoms with van der Waals surface area (Å²) in [6, 6.07) is 18.9. The summed E-state index contributed by atoms with van der Waals surface area (Å²) in [7, 11) is 0. The largest absolute Gasteiger partial charge is 0.437 e. The second kappa shape index (κ2) is 13.7. The monoisotopic (exact) mass is 663 g/mol. The number of carbonyl (C=O) groups is 2. The number of nitrogens with zero attached hydrogens (tertiary/aromatic N) is 6. The lowest BCUT2D eigenvalue weighted by Gasteiger charge is -2.35. The molecule has 250 valence electrons. The Bertz CT molecular complexity index is 1770. The molecule has 2 aliphatic rings. The normalized spacial score (nSPS) is 15.8. The summed E-state index contributed by atoms with van der Waals surface area (Å²) in [5.74, 6) is -1.42. The zero-order valence-electron chi connectivity index (χ0n) is 25.7. The number of benzene rings is 2. The van der Waals surface area contributed by atoms with E-state index in [9.17, 15) is 32.9 Å². The van der Waals surface area contributed by atoms with Crippen LogP contribution in [0.5, 0.6) is 0 Å². The van der Waals surface area contributed by atoms with E-state index in [1.54, 1.807) is 34.1 Å². The highest BCUT2D eigenvalue weighted by Crippen LogP contribution is 2.36. The van der Waals surface area contributed by atoms with Gasteiger partial charge in [0.05, 0.1) is 23.2 Å². The molecule has 0 bridgehead atoms. The molecule has 0 unspecified atom stereocenters. The van der Waals surface area contributed by atoms with Gasteiger partial charge in [0.2, 0.25) is 11.7 Å². The highest BCUT2D eigenvalue weighted by atomic mass is 19.4. The molecule has 2 fully saturated rings. The Balaban J connectivity index is 1.05. The van der Waals surface area contributed by atoms with Crippen LogP contribution in [0.1, 0.15) is 46.1 Å². The molecule has 0 aliphatic carbocycles. The molecule has 2 aromatic carbocycles. The van der Waals surface area contributed by atoms with Gasteiger partial charge in [0.25, 0.3) is 17.6 Å². The van der Waals surface area contributed by atoms with Crippen molar-refractivity contribution >= 4 is 35.0 Å². The van der Waals surface area contributed by atoms with E-state index in [-0.39, 0.29) is 35.6 Å². The number of carbonyl (C=O) groups excluding carboxylic acids is 2. The van der Waals surface area contributed by atoms with Gasteiger partial charge >= 0.3 is 6.18 Å². The molecule has 48 heavy (non-hydrogen) atoms. The maximum absolute atomic E-state index is 13.9. The summed E-state index contributed by atoms with van der Waals surface area (Å²) in [5, 5.41) is 13.7. The fraction of sp³-hybridized carbons (Fsp3) is 0.333. The molecule has 4 heterocycles. The number of para-hydroxylation sites is 1. The number of anilines is 3. The first kappa shape index (κ1) is 32.5. The van der Waals surface area contributed by atoms with Gasteiger partial charge in [0.15, 0.2) is 5.69 Å². The summed E-state index contributed by atoms with van der Waals surface area (Å²) in [6.45, 7) is 2.50. The molecule has 15 heteroatoms. The van der Waals surface area contributed by atoms with Gasteiger partial charge in [-0.3, -0.25) is 19.7 Å². The van der Waals surface area contributed by atoms with Crippen LogP contribution in [-0.4, -0.2) is 70.9 Å². The Morgan fingerprint density at radius 2 is 1.60 bits per heavy atom. The molecule has 2 amide bonds. The van der Waals surface area contributed by atoms with Gasteiger partial charge < -0.3 is 24.4 Å². The first-order valence-electron chi connectivity index (χ1n) is 15.5. The second-order valence-electron chi connectivity index (χ2n) is 11.6. The van der Waals surface area contributed by atoms with Crippen molar-refractivity contribution in [1.82, 2.24) is 14.9 Å². The molecular formula is C33H32F3N7O5. The molecule has 0 radical (unpaired) electrons. The maximum Gasteiger partial charge on any atom is 0.437 e. The van der Waals surface area contributed by atoms with Crippen LogP contribution in [0.2, 0.25) is 0 Å².